The summed E-state index contributed by atoms with van der Waals surface area (Å²) in [4.78, 5) is 15.8. The van der Waals surface area contributed by atoms with Gasteiger partial charge in [0.2, 0.25) is 0 Å². The lowest BCUT2D eigenvalue weighted by Gasteiger charge is -2.16. The summed E-state index contributed by atoms with van der Waals surface area (Å²) in [6, 6.07) is 3.74. The number of rotatable bonds is 2. The average molecular weight is 191 g/mol. The van der Waals surface area contributed by atoms with Crippen LogP contribution in [0.3, 0.4) is 0 Å². The largest absolute Gasteiger partial charge is 0.292 e. The van der Waals surface area contributed by atoms with E-state index in [0.717, 1.165) is 5.56 Å². The van der Waals surface area contributed by atoms with Crippen LogP contribution < -0.4 is 0 Å². The molecule has 2 heteroatoms. The first-order valence-electron chi connectivity index (χ1n) is 4.84. The lowest BCUT2D eigenvalue weighted by atomic mass is 9.89. The van der Waals surface area contributed by atoms with Crippen LogP contribution in [-0.2, 0) is 0 Å². The SMILES string of the molecule is Cc1ccnc(C(=O)CC(C)(C)C)c1. The van der Waals surface area contributed by atoms with Crippen molar-refractivity contribution in [3.8, 4) is 0 Å². The van der Waals surface area contributed by atoms with Gasteiger partial charge in [-0.3, -0.25) is 9.78 Å². The molecule has 2 nitrogen and oxygen atoms in total. The third kappa shape index (κ3) is 3.29. The van der Waals surface area contributed by atoms with E-state index >= 15 is 0 Å². The highest BCUT2D eigenvalue weighted by atomic mass is 16.1. The summed E-state index contributed by atoms with van der Waals surface area (Å²) in [6.45, 7) is 8.14. The summed E-state index contributed by atoms with van der Waals surface area (Å²) in [5.41, 5.74) is 1.69. The van der Waals surface area contributed by atoms with Crippen molar-refractivity contribution in [2.45, 2.75) is 34.1 Å². The molecule has 1 aromatic rings. The van der Waals surface area contributed by atoms with Gasteiger partial charge in [-0.05, 0) is 30.0 Å². The molecule has 0 unspecified atom stereocenters. The van der Waals surface area contributed by atoms with Gasteiger partial charge in [0, 0.05) is 12.6 Å². The van der Waals surface area contributed by atoms with Crippen molar-refractivity contribution in [1.29, 1.82) is 0 Å². The normalized spacial score (nSPS) is 11.4. The molecule has 0 saturated heterocycles. The van der Waals surface area contributed by atoms with Gasteiger partial charge in [0.05, 0.1) is 0 Å². The van der Waals surface area contributed by atoms with E-state index in [0.29, 0.717) is 12.1 Å². The van der Waals surface area contributed by atoms with Crippen LogP contribution >= 0.6 is 0 Å². The smallest absolute Gasteiger partial charge is 0.181 e. The zero-order valence-electron chi connectivity index (χ0n) is 9.29. The van der Waals surface area contributed by atoms with E-state index in [1.165, 1.54) is 0 Å². The molecule has 1 heterocycles. The molecule has 0 aromatic carbocycles. The molecule has 0 saturated carbocycles. The fourth-order valence-electron chi connectivity index (χ4n) is 1.26. The fraction of sp³-hybridized carbons (Fsp3) is 0.500. The number of ketones is 1. The molecule has 0 radical (unpaired) electrons. The molecule has 14 heavy (non-hydrogen) atoms. The quantitative estimate of drug-likeness (QED) is 0.672. The van der Waals surface area contributed by atoms with Crippen LogP contribution in [0.25, 0.3) is 0 Å². The van der Waals surface area contributed by atoms with Crippen molar-refractivity contribution in [2.24, 2.45) is 5.41 Å². The summed E-state index contributed by atoms with van der Waals surface area (Å²) in [5.74, 6) is 0.126. The van der Waals surface area contributed by atoms with Crippen LogP contribution in [0, 0.1) is 12.3 Å². The predicted molar refractivity (Wildman–Crippen MR) is 57.4 cm³/mol. The second-order valence-electron chi connectivity index (χ2n) is 4.88. The van der Waals surface area contributed by atoms with Crippen LogP contribution in [0.5, 0.6) is 0 Å². The second-order valence-corrected chi connectivity index (χ2v) is 4.88. The minimum atomic E-state index is 0.0303. The van der Waals surface area contributed by atoms with E-state index < -0.39 is 0 Å². The monoisotopic (exact) mass is 191 g/mol. The zero-order valence-corrected chi connectivity index (χ0v) is 9.29. The Morgan fingerprint density at radius 1 is 1.43 bits per heavy atom. The summed E-state index contributed by atoms with van der Waals surface area (Å²) in [5, 5.41) is 0. The van der Waals surface area contributed by atoms with Crippen molar-refractivity contribution in [1.82, 2.24) is 4.98 Å². The lowest BCUT2D eigenvalue weighted by molar-refractivity contribution is 0.0935. The Bertz CT molecular complexity index is 336. The van der Waals surface area contributed by atoms with Gasteiger partial charge in [0.15, 0.2) is 5.78 Å². The van der Waals surface area contributed by atoms with Crippen LogP contribution in [0.2, 0.25) is 0 Å². The molecule has 0 aliphatic rings. The van der Waals surface area contributed by atoms with Gasteiger partial charge >= 0.3 is 0 Å². The molecule has 1 aromatic heterocycles. The third-order valence-electron chi connectivity index (χ3n) is 1.89. The van der Waals surface area contributed by atoms with Gasteiger partial charge in [-0.2, -0.15) is 0 Å². The van der Waals surface area contributed by atoms with Crippen molar-refractivity contribution in [3.05, 3.63) is 29.6 Å². The highest BCUT2D eigenvalue weighted by molar-refractivity contribution is 5.94. The average Bonchev–Trinajstić information content (AvgIpc) is 2.01. The lowest BCUT2D eigenvalue weighted by Crippen LogP contribution is -2.14. The number of Topliss-reactive ketones (excluding diaryl/α,β-unsaturated/α-hetero) is 1. The predicted octanol–water partition coefficient (Wildman–Crippen LogP) is 3.01. The Morgan fingerprint density at radius 3 is 2.57 bits per heavy atom. The summed E-state index contributed by atoms with van der Waals surface area (Å²) in [7, 11) is 0. The molecular weight excluding hydrogens is 174 g/mol. The maximum Gasteiger partial charge on any atom is 0.181 e. The van der Waals surface area contributed by atoms with Crippen LogP contribution in [0.1, 0.15) is 43.2 Å². The summed E-state index contributed by atoms with van der Waals surface area (Å²) >= 11 is 0. The van der Waals surface area contributed by atoms with E-state index in [9.17, 15) is 4.79 Å². The third-order valence-corrected chi connectivity index (χ3v) is 1.89. The number of pyridine rings is 1. The maximum absolute atomic E-state index is 11.8. The number of carbonyl (C=O) groups is 1. The Hall–Kier alpha value is -1.18. The van der Waals surface area contributed by atoms with Gasteiger partial charge in [-0.1, -0.05) is 20.8 Å². The van der Waals surface area contributed by atoms with Crippen molar-refractivity contribution >= 4 is 5.78 Å². The van der Waals surface area contributed by atoms with Crippen molar-refractivity contribution in [2.75, 3.05) is 0 Å². The molecule has 0 aliphatic carbocycles. The first-order valence-corrected chi connectivity index (χ1v) is 4.84. The van der Waals surface area contributed by atoms with E-state index in [1.807, 2.05) is 19.1 Å². The summed E-state index contributed by atoms with van der Waals surface area (Å²) in [6.07, 6.45) is 2.23. The van der Waals surface area contributed by atoms with E-state index in [4.69, 9.17) is 0 Å². The van der Waals surface area contributed by atoms with Crippen LogP contribution in [0.4, 0.5) is 0 Å². The van der Waals surface area contributed by atoms with Crippen LogP contribution in [0.15, 0.2) is 18.3 Å². The number of nitrogens with zero attached hydrogens (tertiary/aromatic N) is 1. The minimum absolute atomic E-state index is 0.0303. The number of hydrogen-bond acceptors (Lipinski definition) is 2. The highest BCUT2D eigenvalue weighted by Gasteiger charge is 2.17. The minimum Gasteiger partial charge on any atom is -0.292 e. The number of carbonyl (C=O) groups excluding carboxylic acids is 1. The molecule has 0 bridgehead atoms. The zero-order chi connectivity index (χ0) is 10.8. The Kier molecular flexibility index (Phi) is 3.04. The van der Waals surface area contributed by atoms with Crippen molar-refractivity contribution in [3.63, 3.8) is 0 Å². The molecule has 0 spiro atoms. The first kappa shape index (κ1) is 10.9. The summed E-state index contributed by atoms with van der Waals surface area (Å²) < 4.78 is 0. The van der Waals surface area contributed by atoms with Gasteiger partial charge < -0.3 is 0 Å². The maximum atomic E-state index is 11.8. The topological polar surface area (TPSA) is 30.0 Å². The molecule has 76 valence electrons. The molecule has 0 atom stereocenters. The van der Waals surface area contributed by atoms with Gasteiger partial charge in [0.1, 0.15) is 5.69 Å². The second kappa shape index (κ2) is 3.91. The van der Waals surface area contributed by atoms with Crippen LogP contribution in [-0.4, -0.2) is 10.8 Å². The Balaban J connectivity index is 2.80. The molecule has 0 amide bonds. The highest BCUT2D eigenvalue weighted by Crippen LogP contribution is 2.20. The van der Waals surface area contributed by atoms with E-state index in [2.05, 4.69) is 25.8 Å². The molecular formula is C12H17NO. The molecule has 0 aliphatic heterocycles. The first-order chi connectivity index (χ1) is 6.38. The van der Waals surface area contributed by atoms with E-state index in [-0.39, 0.29) is 11.2 Å². The van der Waals surface area contributed by atoms with Gasteiger partial charge in [-0.25, -0.2) is 0 Å². The number of aryl methyl sites for hydroxylation is 1. The van der Waals surface area contributed by atoms with Crippen molar-refractivity contribution < 1.29 is 4.79 Å². The standard InChI is InChI=1S/C12H17NO/c1-9-5-6-13-10(7-9)11(14)8-12(2,3)4/h5-7H,8H2,1-4H3. The fourth-order valence-corrected chi connectivity index (χ4v) is 1.26. The molecule has 0 fully saturated rings. The number of aromatic nitrogens is 1. The Morgan fingerprint density at radius 2 is 2.07 bits per heavy atom. The van der Waals surface area contributed by atoms with E-state index in [1.54, 1.807) is 6.20 Å². The van der Waals surface area contributed by atoms with Gasteiger partial charge in [0.25, 0.3) is 0 Å². The molecule has 1 rings (SSSR count). The molecule has 0 N–H and O–H groups in total. The Labute approximate surface area is 85.4 Å². The van der Waals surface area contributed by atoms with Gasteiger partial charge in [-0.15, -0.1) is 0 Å². The number of hydrogen-bond donors (Lipinski definition) is 0.